The lowest BCUT2D eigenvalue weighted by molar-refractivity contribution is -0.121. The van der Waals surface area contributed by atoms with Crippen LogP contribution in [0, 0.1) is 0 Å². The van der Waals surface area contributed by atoms with E-state index < -0.39 is 0 Å². The third kappa shape index (κ3) is 5.51. The molecule has 0 unspecified atom stereocenters. The van der Waals surface area contributed by atoms with Crippen LogP contribution in [0.15, 0.2) is 94.0 Å². The molecule has 2 aromatic carbocycles. The first-order valence-electron chi connectivity index (χ1n) is 10.0. The Morgan fingerprint density at radius 3 is 2.39 bits per heavy atom. The first-order chi connectivity index (χ1) is 15.2. The van der Waals surface area contributed by atoms with Crippen LogP contribution in [0.25, 0.3) is 11.3 Å². The van der Waals surface area contributed by atoms with Crippen molar-refractivity contribution in [1.82, 2.24) is 5.32 Å². The summed E-state index contributed by atoms with van der Waals surface area (Å²) < 4.78 is 10.9. The van der Waals surface area contributed by atoms with Crippen LogP contribution in [0.1, 0.15) is 28.3 Å². The van der Waals surface area contributed by atoms with Crippen molar-refractivity contribution in [1.29, 1.82) is 0 Å². The van der Waals surface area contributed by atoms with Crippen LogP contribution >= 0.6 is 0 Å². The zero-order chi connectivity index (χ0) is 21.5. The number of hydrogen-bond donors (Lipinski definition) is 2. The summed E-state index contributed by atoms with van der Waals surface area (Å²) in [6.45, 7) is 0.415. The summed E-state index contributed by atoms with van der Waals surface area (Å²) in [7, 11) is 0. The van der Waals surface area contributed by atoms with Crippen molar-refractivity contribution in [3.05, 3.63) is 102 Å². The molecule has 2 amide bonds. The average Bonchev–Trinajstić information content (AvgIpc) is 3.50. The van der Waals surface area contributed by atoms with Gasteiger partial charge in [0.2, 0.25) is 5.91 Å². The maximum absolute atomic E-state index is 12.2. The van der Waals surface area contributed by atoms with Crippen LogP contribution in [0.5, 0.6) is 0 Å². The van der Waals surface area contributed by atoms with E-state index >= 15 is 0 Å². The second-order valence-corrected chi connectivity index (χ2v) is 7.04. The van der Waals surface area contributed by atoms with E-state index in [-0.39, 0.29) is 17.6 Å². The quantitative estimate of drug-likeness (QED) is 0.423. The zero-order valence-electron chi connectivity index (χ0n) is 16.8. The van der Waals surface area contributed by atoms with Gasteiger partial charge in [-0.05, 0) is 42.0 Å². The van der Waals surface area contributed by atoms with Crippen molar-refractivity contribution in [2.45, 2.75) is 19.4 Å². The Bertz CT molecular complexity index is 1130. The van der Waals surface area contributed by atoms with Gasteiger partial charge < -0.3 is 19.5 Å². The van der Waals surface area contributed by atoms with Crippen molar-refractivity contribution < 1.29 is 18.4 Å². The molecule has 0 radical (unpaired) electrons. The lowest BCUT2D eigenvalue weighted by Gasteiger charge is -2.07. The molecule has 0 aliphatic rings. The highest BCUT2D eigenvalue weighted by atomic mass is 16.3. The maximum atomic E-state index is 12.2. The normalized spacial score (nSPS) is 10.6. The molecule has 0 bridgehead atoms. The van der Waals surface area contributed by atoms with E-state index in [2.05, 4.69) is 10.6 Å². The van der Waals surface area contributed by atoms with E-state index in [9.17, 15) is 9.59 Å². The monoisotopic (exact) mass is 414 g/mol. The number of carbonyl (C=O) groups is 2. The first-order valence-corrected chi connectivity index (χ1v) is 10.0. The molecule has 4 rings (SSSR count). The van der Waals surface area contributed by atoms with Crippen LogP contribution in [-0.4, -0.2) is 11.8 Å². The van der Waals surface area contributed by atoms with E-state index in [1.54, 1.807) is 24.3 Å². The van der Waals surface area contributed by atoms with Gasteiger partial charge in [0.25, 0.3) is 5.91 Å². The number of nitrogens with one attached hydrogen (secondary N) is 2. The Kier molecular flexibility index (Phi) is 6.28. The second-order valence-electron chi connectivity index (χ2n) is 7.04. The van der Waals surface area contributed by atoms with Gasteiger partial charge >= 0.3 is 0 Å². The molecular weight excluding hydrogens is 392 g/mol. The largest absolute Gasteiger partial charge is 0.461 e. The van der Waals surface area contributed by atoms with Gasteiger partial charge in [0, 0.05) is 30.6 Å². The molecule has 0 saturated heterocycles. The van der Waals surface area contributed by atoms with E-state index in [1.807, 2.05) is 54.6 Å². The predicted octanol–water partition coefficient (Wildman–Crippen LogP) is 5.04. The van der Waals surface area contributed by atoms with Crippen LogP contribution in [0.2, 0.25) is 0 Å². The Labute approximate surface area is 179 Å². The third-order valence-corrected chi connectivity index (χ3v) is 4.76. The van der Waals surface area contributed by atoms with E-state index in [1.165, 1.54) is 6.26 Å². The van der Waals surface area contributed by atoms with Crippen LogP contribution in [0.4, 0.5) is 5.69 Å². The topological polar surface area (TPSA) is 84.5 Å². The molecule has 2 aromatic heterocycles. The molecule has 6 heteroatoms. The minimum absolute atomic E-state index is 0.0483. The number of anilines is 1. The lowest BCUT2D eigenvalue weighted by atomic mass is 10.2. The summed E-state index contributed by atoms with van der Waals surface area (Å²) in [4.78, 5) is 24.2. The van der Waals surface area contributed by atoms with Crippen molar-refractivity contribution in [3.63, 3.8) is 0 Å². The third-order valence-electron chi connectivity index (χ3n) is 4.76. The molecule has 0 spiro atoms. The summed E-state index contributed by atoms with van der Waals surface area (Å²) in [5, 5.41) is 5.67. The number of aryl methyl sites for hydroxylation is 1. The molecule has 0 aliphatic heterocycles. The van der Waals surface area contributed by atoms with E-state index in [0.717, 1.165) is 22.6 Å². The second kappa shape index (κ2) is 9.63. The Hall–Kier alpha value is -4.06. The van der Waals surface area contributed by atoms with E-state index in [4.69, 9.17) is 8.83 Å². The molecule has 31 heavy (non-hydrogen) atoms. The number of carbonyl (C=O) groups excluding carboxylic acids is 2. The number of hydrogen-bond acceptors (Lipinski definition) is 4. The van der Waals surface area contributed by atoms with Crippen molar-refractivity contribution in [2.24, 2.45) is 0 Å². The molecule has 0 fully saturated rings. The summed E-state index contributed by atoms with van der Waals surface area (Å²) in [5.41, 5.74) is 2.61. The number of benzene rings is 2. The highest BCUT2D eigenvalue weighted by Gasteiger charge is 2.09. The summed E-state index contributed by atoms with van der Waals surface area (Å²) >= 11 is 0. The average molecular weight is 414 g/mol. The molecule has 0 atom stereocenters. The maximum Gasteiger partial charge on any atom is 0.291 e. The van der Waals surface area contributed by atoms with Crippen LogP contribution < -0.4 is 10.6 Å². The Morgan fingerprint density at radius 2 is 1.65 bits per heavy atom. The molecule has 2 heterocycles. The van der Waals surface area contributed by atoms with Gasteiger partial charge in [-0.15, -0.1) is 0 Å². The minimum atomic E-state index is -0.306. The van der Waals surface area contributed by atoms with Crippen molar-refractivity contribution >= 4 is 17.5 Å². The SMILES string of the molecule is O=C(CCc1ccc(-c2ccccc2)o1)NCc1ccc(NC(=O)c2ccco2)cc1. The van der Waals surface area contributed by atoms with Gasteiger partial charge in [0.15, 0.2) is 5.76 Å². The highest BCUT2D eigenvalue weighted by molar-refractivity contribution is 6.02. The van der Waals surface area contributed by atoms with Gasteiger partial charge in [0.05, 0.1) is 6.26 Å². The van der Waals surface area contributed by atoms with Gasteiger partial charge in [-0.1, -0.05) is 42.5 Å². The number of amides is 2. The molecule has 156 valence electrons. The van der Waals surface area contributed by atoms with Gasteiger partial charge in [-0.2, -0.15) is 0 Å². The summed E-state index contributed by atoms with van der Waals surface area (Å²) in [5.74, 6) is 1.48. The number of furan rings is 2. The summed E-state index contributed by atoms with van der Waals surface area (Å²) in [6, 6.07) is 24.3. The number of rotatable bonds is 8. The summed E-state index contributed by atoms with van der Waals surface area (Å²) in [6.07, 6.45) is 2.34. The highest BCUT2D eigenvalue weighted by Crippen LogP contribution is 2.22. The fourth-order valence-electron chi connectivity index (χ4n) is 3.10. The lowest BCUT2D eigenvalue weighted by Crippen LogP contribution is -2.22. The predicted molar refractivity (Wildman–Crippen MR) is 117 cm³/mol. The smallest absolute Gasteiger partial charge is 0.291 e. The zero-order valence-corrected chi connectivity index (χ0v) is 16.8. The van der Waals surface area contributed by atoms with Gasteiger partial charge in [-0.3, -0.25) is 9.59 Å². The van der Waals surface area contributed by atoms with Gasteiger partial charge in [-0.25, -0.2) is 0 Å². The molecule has 2 N–H and O–H groups in total. The molecule has 0 aliphatic carbocycles. The molecular formula is C25H22N2O4. The molecule has 6 nitrogen and oxygen atoms in total. The first kappa shape index (κ1) is 20.2. The fourth-order valence-corrected chi connectivity index (χ4v) is 3.10. The fraction of sp³-hybridized carbons (Fsp3) is 0.120. The van der Waals surface area contributed by atoms with Gasteiger partial charge in [0.1, 0.15) is 11.5 Å². The molecule has 0 saturated carbocycles. The van der Waals surface area contributed by atoms with Crippen LogP contribution in [-0.2, 0) is 17.8 Å². The molecule has 4 aromatic rings. The Balaban J connectivity index is 1.22. The minimum Gasteiger partial charge on any atom is -0.461 e. The van der Waals surface area contributed by atoms with E-state index in [0.29, 0.717) is 25.1 Å². The van der Waals surface area contributed by atoms with Crippen molar-refractivity contribution in [3.8, 4) is 11.3 Å². The van der Waals surface area contributed by atoms with Crippen LogP contribution in [0.3, 0.4) is 0 Å². The standard InChI is InChI=1S/C25H22N2O4/c28-24(15-13-21-12-14-22(31-21)19-5-2-1-3-6-19)26-17-18-8-10-20(11-9-18)27-25(29)23-7-4-16-30-23/h1-12,14,16H,13,15,17H2,(H,26,28)(H,27,29). The van der Waals surface area contributed by atoms with Crippen molar-refractivity contribution in [2.75, 3.05) is 5.32 Å². The Morgan fingerprint density at radius 1 is 0.839 bits per heavy atom.